The minimum absolute atomic E-state index is 0.0930. The Balaban J connectivity index is 0.975. The van der Waals surface area contributed by atoms with Crippen molar-refractivity contribution >= 4 is 62.8 Å². The Morgan fingerprint density at radius 3 is 0.635 bits per heavy atom. The predicted octanol–water partition coefficient (Wildman–Crippen LogP) is 16.8. The van der Waals surface area contributed by atoms with Crippen molar-refractivity contribution in [3.8, 4) is 68.2 Å². The second-order valence-corrected chi connectivity index (χ2v) is 21.8. The Hall–Kier alpha value is -9.22. The van der Waals surface area contributed by atoms with E-state index in [1.165, 1.54) is 0 Å². The van der Waals surface area contributed by atoms with E-state index in [0.717, 1.165) is 65.3 Å². The van der Waals surface area contributed by atoms with E-state index in [4.69, 9.17) is 18.9 Å². The Labute approximate surface area is 426 Å². The summed E-state index contributed by atoms with van der Waals surface area (Å²) in [5.41, 5.74) is 3.03. The lowest BCUT2D eigenvalue weighted by molar-refractivity contribution is 0.477. The molecule has 0 aliphatic carbocycles. The summed E-state index contributed by atoms with van der Waals surface area (Å²) in [6.45, 7) is 0. The van der Waals surface area contributed by atoms with Crippen LogP contribution in [0.15, 0.2) is 262 Å². The summed E-state index contributed by atoms with van der Waals surface area (Å²) < 4.78 is 84.0. The van der Waals surface area contributed by atoms with Gasteiger partial charge < -0.3 is 18.9 Å². The van der Waals surface area contributed by atoms with Crippen LogP contribution in [0.2, 0.25) is 0 Å². The zero-order valence-electron chi connectivity index (χ0n) is 39.2. The molecule has 19 rings (SSSR count). The van der Waals surface area contributed by atoms with E-state index in [1.807, 2.05) is 146 Å². The Kier molecular flexibility index (Phi) is 10.8. The van der Waals surface area contributed by atoms with Gasteiger partial charge in [-0.05, 0) is 164 Å². The van der Waals surface area contributed by atoms with E-state index < -0.39 is 19.7 Å². The van der Waals surface area contributed by atoms with Gasteiger partial charge in [-0.3, -0.25) is 0 Å². The van der Waals surface area contributed by atoms with Crippen molar-refractivity contribution in [3.63, 3.8) is 0 Å². The van der Waals surface area contributed by atoms with E-state index in [0.29, 0.717) is 46.0 Å². The molecule has 12 aromatic rings. The van der Waals surface area contributed by atoms with Gasteiger partial charge in [0.2, 0.25) is 19.7 Å². The molecule has 356 valence electrons. The summed E-state index contributed by atoms with van der Waals surface area (Å²) in [4.78, 5) is 0.372. The van der Waals surface area contributed by atoms with Crippen LogP contribution >= 0.6 is 0 Å². The zero-order chi connectivity index (χ0) is 50.0. The van der Waals surface area contributed by atoms with Gasteiger partial charge in [0.1, 0.15) is 46.0 Å². The SMILES string of the molecule is O=S1(=O)c2ccc(cc2)Oc2ccc3ccccc3c2-c2c(ccc3ccccc23)Oc2ccc(cc2)S(=O)(=O)c2ccc(cc2)Oc2ccc3ccccc3c2-c2c(ccc3ccccc23)Oc2ccc1cc2. The van der Waals surface area contributed by atoms with Gasteiger partial charge >= 0.3 is 0 Å². The highest BCUT2D eigenvalue weighted by Crippen LogP contribution is 2.50. The molecule has 8 nitrogen and oxygen atoms in total. The molecule has 0 atom stereocenters. The lowest BCUT2D eigenvalue weighted by Crippen LogP contribution is -2.02. The number of rotatable bonds is 0. The van der Waals surface area contributed by atoms with E-state index in [-0.39, 0.29) is 19.6 Å². The van der Waals surface area contributed by atoms with Crippen LogP contribution in [0.1, 0.15) is 0 Å². The van der Waals surface area contributed by atoms with Gasteiger partial charge in [0.05, 0.1) is 19.6 Å². The highest BCUT2D eigenvalue weighted by Gasteiger charge is 2.25. The van der Waals surface area contributed by atoms with Gasteiger partial charge in [-0.15, -0.1) is 0 Å². The quantitative estimate of drug-likeness (QED) is 0.148. The fourth-order valence-corrected chi connectivity index (χ4v) is 12.4. The van der Waals surface area contributed by atoms with Crippen LogP contribution in [0.5, 0.6) is 46.0 Å². The second kappa shape index (κ2) is 17.8. The topological polar surface area (TPSA) is 105 Å². The smallest absolute Gasteiger partial charge is 0.206 e. The Bertz CT molecular complexity index is 3860. The monoisotopic (exact) mass is 1000 g/mol. The van der Waals surface area contributed by atoms with Gasteiger partial charge in [-0.25, -0.2) is 16.8 Å². The summed E-state index contributed by atoms with van der Waals surface area (Å²) in [5.74, 6) is 3.74. The molecule has 12 aromatic carbocycles. The molecule has 0 aromatic heterocycles. The average Bonchev–Trinajstić information content (AvgIpc) is 3.44. The first-order valence-corrected chi connectivity index (χ1v) is 26.8. The summed E-state index contributed by atoms with van der Waals surface area (Å²) in [6, 6.07) is 73.2. The number of hydrogen-bond acceptors (Lipinski definition) is 8. The molecule has 0 N–H and O–H groups in total. The maximum Gasteiger partial charge on any atom is 0.206 e. The molecule has 0 amide bonds. The molecule has 7 aliphatic rings. The molecular formula is C64H40O8S2. The van der Waals surface area contributed by atoms with E-state index in [1.54, 1.807) is 97.1 Å². The lowest BCUT2D eigenvalue weighted by Gasteiger charge is -2.20. The van der Waals surface area contributed by atoms with Crippen LogP contribution in [-0.2, 0) is 19.7 Å². The maximum absolute atomic E-state index is 14.3. The van der Waals surface area contributed by atoms with Crippen molar-refractivity contribution in [2.75, 3.05) is 0 Å². The van der Waals surface area contributed by atoms with Crippen molar-refractivity contribution in [1.82, 2.24) is 0 Å². The van der Waals surface area contributed by atoms with Gasteiger partial charge in [0, 0.05) is 22.3 Å². The second-order valence-electron chi connectivity index (χ2n) is 17.9. The zero-order valence-corrected chi connectivity index (χ0v) is 40.8. The third-order valence-electron chi connectivity index (χ3n) is 13.5. The minimum atomic E-state index is -3.98. The molecule has 0 spiro atoms. The normalized spacial score (nSPS) is 13.7. The van der Waals surface area contributed by atoms with Gasteiger partial charge in [0.25, 0.3) is 0 Å². The first-order chi connectivity index (χ1) is 36.2. The highest BCUT2D eigenvalue weighted by atomic mass is 32.2. The number of fused-ring (bicyclic) bond motifs is 4. The van der Waals surface area contributed by atoms with Gasteiger partial charge in [-0.2, -0.15) is 0 Å². The number of hydrogen-bond donors (Lipinski definition) is 0. The molecule has 0 unspecified atom stereocenters. The molecule has 0 saturated heterocycles. The largest absolute Gasteiger partial charge is 0.457 e. The van der Waals surface area contributed by atoms with Gasteiger partial charge in [0.15, 0.2) is 0 Å². The van der Waals surface area contributed by atoms with Crippen LogP contribution in [-0.4, -0.2) is 16.8 Å². The van der Waals surface area contributed by atoms with Crippen molar-refractivity contribution < 1.29 is 35.8 Å². The molecule has 0 radical (unpaired) electrons. The van der Waals surface area contributed by atoms with E-state index in [9.17, 15) is 16.8 Å². The molecule has 0 fully saturated rings. The van der Waals surface area contributed by atoms with Crippen molar-refractivity contribution in [2.45, 2.75) is 19.6 Å². The standard InChI is InChI=1S/C64H40O8S2/c65-73(66)49-29-21-45(22-30-49)69-57-37-17-41-9-1-5-13-53(41)61(57)62-54-14-6-2-10-42(54)18-38-58(62)70-46-23-31-50(32-24-46)74(67,68)52-35-27-48(28-36-52)72-60-40-20-44-12-4-8-16-56(44)64(60)63-55-15-7-3-11-43(55)19-39-59(63)71-47-25-33-51(73)34-26-47/h1-40H. The maximum atomic E-state index is 14.3. The van der Waals surface area contributed by atoms with Gasteiger partial charge in [-0.1, -0.05) is 121 Å². The molecule has 8 bridgehead atoms. The number of ether oxygens (including phenoxy) is 4. The van der Waals surface area contributed by atoms with Crippen LogP contribution in [0, 0.1) is 0 Å². The fourth-order valence-electron chi connectivity index (χ4n) is 9.91. The number of benzene rings is 12. The Morgan fingerprint density at radius 2 is 0.419 bits per heavy atom. The van der Waals surface area contributed by atoms with Crippen molar-refractivity contribution in [1.29, 1.82) is 0 Å². The van der Waals surface area contributed by atoms with Crippen molar-refractivity contribution in [2.24, 2.45) is 0 Å². The summed E-state index contributed by atoms with van der Waals surface area (Å²) in [5, 5.41) is 7.46. The molecule has 0 saturated carbocycles. The first-order valence-electron chi connectivity index (χ1n) is 23.9. The molecule has 74 heavy (non-hydrogen) atoms. The highest BCUT2D eigenvalue weighted by molar-refractivity contribution is 7.91. The number of sulfone groups is 2. The Morgan fingerprint density at radius 1 is 0.216 bits per heavy atom. The molecule has 7 heterocycles. The lowest BCUT2D eigenvalue weighted by atomic mass is 9.92. The fraction of sp³-hybridized carbons (Fsp3) is 0. The van der Waals surface area contributed by atoms with Crippen LogP contribution in [0.3, 0.4) is 0 Å². The van der Waals surface area contributed by atoms with Crippen LogP contribution in [0.4, 0.5) is 0 Å². The first kappa shape index (κ1) is 44.7. The summed E-state index contributed by atoms with van der Waals surface area (Å²) in [7, 11) is -7.96. The summed E-state index contributed by atoms with van der Waals surface area (Å²) >= 11 is 0. The van der Waals surface area contributed by atoms with E-state index in [2.05, 4.69) is 0 Å². The third kappa shape index (κ3) is 7.84. The van der Waals surface area contributed by atoms with Crippen molar-refractivity contribution in [3.05, 3.63) is 243 Å². The third-order valence-corrected chi connectivity index (χ3v) is 17.1. The molecule has 10 heteroatoms. The molecule has 7 aliphatic heterocycles. The summed E-state index contributed by atoms with van der Waals surface area (Å²) in [6.07, 6.45) is 0. The molecular weight excluding hydrogens is 961 g/mol. The predicted molar refractivity (Wildman–Crippen MR) is 291 cm³/mol. The average molecular weight is 1000 g/mol. The minimum Gasteiger partial charge on any atom is -0.457 e. The van der Waals surface area contributed by atoms with Crippen LogP contribution in [0.25, 0.3) is 65.3 Å². The van der Waals surface area contributed by atoms with Crippen LogP contribution < -0.4 is 18.9 Å². The van der Waals surface area contributed by atoms with E-state index >= 15 is 0 Å².